The van der Waals surface area contributed by atoms with Crippen LogP contribution in [0.4, 0.5) is 0 Å². The fourth-order valence-corrected chi connectivity index (χ4v) is 11.7. The third-order valence-electron chi connectivity index (χ3n) is 18.2. The van der Waals surface area contributed by atoms with E-state index >= 15 is 0 Å². The van der Waals surface area contributed by atoms with Crippen molar-refractivity contribution in [2.75, 3.05) is 13.2 Å². The predicted molar refractivity (Wildman–Crippen MR) is 398 cm³/mol. The first-order valence-electron chi connectivity index (χ1n) is 39.7. The zero-order valence-corrected chi connectivity index (χ0v) is 62.2. The van der Waals surface area contributed by atoms with Crippen molar-refractivity contribution >= 4 is 35.1 Å². The number of carbonyl (C=O) groups is 6. The maximum absolute atomic E-state index is 12.8. The first-order chi connectivity index (χ1) is 46.5. The number of aliphatic hydroxyl groups is 6. The lowest BCUT2D eigenvalue weighted by molar-refractivity contribution is -0.167. The molecule has 0 aliphatic heterocycles. The number of allylic oxidation sites excluding steroid dienone is 8. The number of carboxylic acid groups (broad SMARTS) is 2. The lowest BCUT2D eigenvalue weighted by atomic mass is 9.82. The molecule has 0 heterocycles. The summed E-state index contributed by atoms with van der Waals surface area (Å²) in [7, 11) is 0. The van der Waals surface area contributed by atoms with Gasteiger partial charge in [0.25, 0.3) is 0 Å². The van der Waals surface area contributed by atoms with Crippen molar-refractivity contribution in [1.29, 1.82) is 0 Å². The molecule has 0 aromatic carbocycles. The van der Waals surface area contributed by atoms with Crippen molar-refractivity contribution in [2.45, 2.75) is 424 Å². The van der Waals surface area contributed by atoms with Gasteiger partial charge in [-0.15, -0.1) is 0 Å². The van der Waals surface area contributed by atoms with Gasteiger partial charge in [-0.05, 0) is 128 Å². The van der Waals surface area contributed by atoms with Gasteiger partial charge in [0.05, 0.1) is 26.1 Å². The third-order valence-corrected chi connectivity index (χ3v) is 18.2. The zero-order chi connectivity index (χ0) is 71.7. The molecule has 96 heavy (non-hydrogen) atoms. The Labute approximate surface area is 587 Å². The normalized spacial score (nSPS) is 12.6. The van der Waals surface area contributed by atoms with E-state index in [1.165, 1.54) is 180 Å². The minimum Gasteiger partial charge on any atom is -0.481 e. The van der Waals surface area contributed by atoms with E-state index in [4.69, 9.17) is 10.2 Å². The number of aliphatic hydroxyl groups excluding tert-OH is 4. The number of hydrogen-bond acceptors (Lipinski definition) is 12. The Bertz CT molecular complexity index is 1670. The van der Waals surface area contributed by atoms with Gasteiger partial charge in [-0.3, -0.25) is 28.8 Å². The fourth-order valence-electron chi connectivity index (χ4n) is 11.7. The maximum Gasteiger partial charge on any atom is 0.303 e. The van der Waals surface area contributed by atoms with Crippen LogP contribution in [0.2, 0.25) is 0 Å². The number of Topliss-reactive ketones (excluding diaryl/α,β-unsaturated/α-hetero) is 4. The van der Waals surface area contributed by atoms with Crippen LogP contribution in [0.5, 0.6) is 0 Å². The molecule has 8 N–H and O–H groups in total. The van der Waals surface area contributed by atoms with Crippen LogP contribution in [0, 0.1) is 0 Å². The maximum atomic E-state index is 12.8. The highest BCUT2D eigenvalue weighted by Crippen LogP contribution is 2.25. The summed E-state index contributed by atoms with van der Waals surface area (Å²) in [5.41, 5.74) is -4.98. The van der Waals surface area contributed by atoms with Crippen LogP contribution in [0.3, 0.4) is 0 Å². The Morgan fingerprint density at radius 1 is 0.250 bits per heavy atom. The highest BCUT2D eigenvalue weighted by atomic mass is 16.4. The van der Waals surface area contributed by atoms with E-state index in [0.29, 0.717) is 25.7 Å². The van der Waals surface area contributed by atoms with Crippen LogP contribution in [0.1, 0.15) is 400 Å². The molecular weight excluding hydrogens is 1210 g/mol. The Balaban J connectivity index is -0.00000161. The van der Waals surface area contributed by atoms with E-state index in [1.807, 2.05) is 0 Å². The summed E-state index contributed by atoms with van der Waals surface area (Å²) >= 11 is 0. The van der Waals surface area contributed by atoms with Crippen molar-refractivity contribution in [1.82, 2.24) is 0 Å². The summed E-state index contributed by atoms with van der Waals surface area (Å²) < 4.78 is 0. The highest BCUT2D eigenvalue weighted by Gasteiger charge is 2.49. The summed E-state index contributed by atoms with van der Waals surface area (Å²) in [4.78, 5) is 70.7. The second kappa shape index (κ2) is 74.0. The van der Waals surface area contributed by atoms with Crippen molar-refractivity contribution < 1.29 is 69.6 Å². The molecule has 0 fully saturated rings. The van der Waals surface area contributed by atoms with Crippen LogP contribution in [-0.2, 0) is 28.8 Å². The molecule has 2 unspecified atom stereocenters. The van der Waals surface area contributed by atoms with Crippen LogP contribution in [0.25, 0.3) is 0 Å². The quantitative estimate of drug-likeness (QED) is 0.0160. The van der Waals surface area contributed by atoms with Crippen molar-refractivity contribution in [3.8, 4) is 0 Å². The van der Waals surface area contributed by atoms with E-state index in [9.17, 15) is 59.4 Å². The number of carbonyl (C=O) groups excluding carboxylic acids is 4. The first-order valence-corrected chi connectivity index (χ1v) is 39.7. The Kier molecular flexibility index (Phi) is 74.4. The van der Waals surface area contributed by atoms with Crippen LogP contribution >= 0.6 is 0 Å². The molecule has 0 aliphatic rings. The van der Waals surface area contributed by atoms with E-state index in [1.54, 1.807) is 0 Å². The van der Waals surface area contributed by atoms with Gasteiger partial charge < -0.3 is 40.9 Å². The summed E-state index contributed by atoms with van der Waals surface area (Å²) in [5, 5.41) is 77.0. The molecule has 2 atom stereocenters. The number of hydrogen-bond donors (Lipinski definition) is 8. The van der Waals surface area contributed by atoms with Gasteiger partial charge in [0.1, 0.15) is 12.2 Å². The first kappa shape index (κ1) is 96.5. The molecule has 0 aromatic heterocycles. The number of rotatable bonds is 71. The molecule has 0 rings (SSSR count). The second-order valence-corrected chi connectivity index (χ2v) is 27.2. The summed E-state index contributed by atoms with van der Waals surface area (Å²) in [6.07, 6.45) is 73.9. The van der Waals surface area contributed by atoms with Crippen molar-refractivity contribution in [3.05, 3.63) is 48.6 Å². The molecule has 0 aliphatic carbocycles. The summed E-state index contributed by atoms with van der Waals surface area (Å²) in [6.45, 7) is 7.36. The third kappa shape index (κ3) is 60.3. The summed E-state index contributed by atoms with van der Waals surface area (Å²) in [5.74, 6) is -4.78. The number of unbranched alkanes of at least 4 members (excludes halogenated alkanes) is 44. The molecule has 0 aromatic rings. The van der Waals surface area contributed by atoms with E-state index in [2.05, 4.69) is 76.3 Å². The minimum absolute atomic E-state index is 0.0455. The molecular formula is C82H150O14. The number of ketones is 4. The number of carboxylic acids is 2. The van der Waals surface area contributed by atoms with Crippen LogP contribution in [0.15, 0.2) is 48.6 Å². The molecule has 0 saturated carbocycles. The molecule has 0 bridgehead atoms. The van der Waals surface area contributed by atoms with Gasteiger partial charge in [-0.1, -0.05) is 282 Å². The highest BCUT2D eigenvalue weighted by molar-refractivity contribution is 6.11. The summed E-state index contributed by atoms with van der Waals surface area (Å²) in [6, 6.07) is 0. The van der Waals surface area contributed by atoms with Gasteiger partial charge in [0, 0.05) is 25.7 Å². The van der Waals surface area contributed by atoms with Crippen molar-refractivity contribution in [2.24, 2.45) is 0 Å². The molecule has 0 saturated heterocycles. The Hall–Kier alpha value is -3.66. The van der Waals surface area contributed by atoms with Gasteiger partial charge in [0.2, 0.25) is 11.2 Å². The SMILES string of the molecule is CCCCCCCC/C=C\CCCCCCCC(=O)C(O)(C(=O)CCCCCCC/C=C\CCCCCCCC)C(O)CO.CCCCCCCC/C=C\CCCCCCCC(=O)C(O)(C(=O)CCCCCCC/C=C\CCCCCCCC)C(O)CO.O=C(O)CCC(=O)O. The monoisotopic (exact) mass is 1360 g/mol. The average Bonchev–Trinajstić information content (AvgIpc) is 0.827. The standard InChI is InChI=1S/2C39H72O5.C4H6O4/c2*1-3-5-7-9-11-13-15-17-19-21-23-25-27-29-31-33-36(41)39(44,38(43)35-40)37(42)34-32-30-28-26-24-22-20-18-16-14-12-10-8-6-4-2;5-3(6)1-2-4(7)8/h2*17-20,38,40,43-44H,3-16,21-35H2,1-2H3;1-2H2,(H,5,6)(H,7,8)/b2*19-17-,20-18-;. The van der Waals surface area contributed by atoms with Crippen LogP contribution < -0.4 is 0 Å². The molecule has 0 amide bonds. The molecule has 14 heteroatoms. The van der Waals surface area contributed by atoms with E-state index in [-0.39, 0.29) is 38.5 Å². The fraction of sp³-hybridized carbons (Fsp3) is 0.829. The van der Waals surface area contributed by atoms with Gasteiger partial charge in [-0.2, -0.15) is 0 Å². The predicted octanol–water partition coefficient (Wildman–Crippen LogP) is 20.5. The van der Waals surface area contributed by atoms with Gasteiger partial charge >= 0.3 is 11.9 Å². The zero-order valence-electron chi connectivity index (χ0n) is 62.2. The molecule has 0 spiro atoms. The lowest BCUT2D eigenvalue weighted by Crippen LogP contribution is -2.57. The van der Waals surface area contributed by atoms with E-state index in [0.717, 1.165) is 128 Å². The minimum atomic E-state index is -2.49. The van der Waals surface area contributed by atoms with Crippen LogP contribution in [-0.4, -0.2) is 113 Å². The molecule has 562 valence electrons. The van der Waals surface area contributed by atoms with Gasteiger partial charge in [0.15, 0.2) is 23.1 Å². The lowest BCUT2D eigenvalue weighted by Gasteiger charge is -2.29. The van der Waals surface area contributed by atoms with Gasteiger partial charge in [-0.25, -0.2) is 0 Å². The van der Waals surface area contributed by atoms with E-state index < -0.39 is 71.7 Å². The largest absolute Gasteiger partial charge is 0.481 e. The molecule has 14 nitrogen and oxygen atoms in total. The molecule has 0 radical (unpaired) electrons. The Morgan fingerprint density at radius 2 is 0.396 bits per heavy atom. The topological polar surface area (TPSA) is 264 Å². The average molecular weight is 1360 g/mol. The number of aliphatic carboxylic acids is 2. The second-order valence-electron chi connectivity index (χ2n) is 27.2. The smallest absolute Gasteiger partial charge is 0.303 e. The van der Waals surface area contributed by atoms with Crippen molar-refractivity contribution in [3.63, 3.8) is 0 Å². The Morgan fingerprint density at radius 3 is 0.542 bits per heavy atom.